The van der Waals surface area contributed by atoms with Gasteiger partial charge in [0.15, 0.2) is 0 Å². The van der Waals surface area contributed by atoms with Crippen molar-refractivity contribution >= 4 is 36.6 Å². The van der Waals surface area contributed by atoms with Crippen molar-refractivity contribution < 1.29 is 0 Å². The predicted molar refractivity (Wildman–Crippen MR) is 104 cm³/mol. The van der Waals surface area contributed by atoms with Crippen LogP contribution in [-0.2, 0) is 19.9 Å². The highest BCUT2D eigenvalue weighted by Crippen LogP contribution is 2.42. The summed E-state index contributed by atoms with van der Waals surface area (Å²) in [5.74, 6) is 2.91. The van der Waals surface area contributed by atoms with Crippen molar-refractivity contribution in [3.8, 4) is 0 Å². The van der Waals surface area contributed by atoms with Gasteiger partial charge in [-0.25, -0.2) is 9.97 Å². The molecule has 2 aromatic rings. The highest BCUT2D eigenvalue weighted by Gasteiger charge is 2.35. The van der Waals surface area contributed by atoms with Gasteiger partial charge in [-0.15, -0.1) is 24.8 Å². The third-order valence-corrected chi connectivity index (χ3v) is 4.72. The summed E-state index contributed by atoms with van der Waals surface area (Å²) in [5, 5.41) is 7.05. The van der Waals surface area contributed by atoms with Crippen molar-refractivity contribution in [1.82, 2.24) is 24.8 Å². The summed E-state index contributed by atoms with van der Waals surface area (Å²) in [6.45, 7) is 1.89. The minimum absolute atomic E-state index is 0. The Bertz CT molecular complexity index is 715. The largest absolute Gasteiger partial charge is 0.368 e. The maximum absolute atomic E-state index is 5.95. The first-order valence-electron chi connectivity index (χ1n) is 8.32. The molecule has 0 amide bonds. The fraction of sp³-hybridized carbons (Fsp3) is 0.562. The van der Waals surface area contributed by atoms with E-state index >= 15 is 0 Å². The van der Waals surface area contributed by atoms with Gasteiger partial charge in [-0.1, -0.05) is 0 Å². The van der Waals surface area contributed by atoms with Crippen molar-refractivity contribution in [2.75, 3.05) is 24.1 Å². The number of rotatable bonds is 4. The van der Waals surface area contributed by atoms with E-state index in [1.807, 2.05) is 19.4 Å². The number of aromatic nitrogens is 4. The number of halogens is 2. The van der Waals surface area contributed by atoms with Crippen LogP contribution in [0.4, 0.5) is 11.8 Å². The van der Waals surface area contributed by atoms with Crippen molar-refractivity contribution in [2.24, 2.45) is 13.0 Å². The van der Waals surface area contributed by atoms with E-state index in [1.54, 1.807) is 0 Å². The molecule has 4 N–H and O–H groups in total. The van der Waals surface area contributed by atoms with Gasteiger partial charge in [-0.2, -0.15) is 4.98 Å². The molecule has 1 fully saturated rings. The van der Waals surface area contributed by atoms with Crippen LogP contribution < -0.4 is 16.4 Å². The van der Waals surface area contributed by atoms with Crippen molar-refractivity contribution in [3.63, 3.8) is 0 Å². The Hall–Kier alpha value is -1.57. The Kier molecular flexibility index (Phi) is 6.48. The molecular formula is C16H25Cl2N7. The number of nitrogens with two attached hydrogens (primary N) is 1. The Morgan fingerprint density at radius 2 is 2.00 bits per heavy atom. The van der Waals surface area contributed by atoms with Crippen molar-refractivity contribution in [3.05, 3.63) is 29.5 Å². The lowest BCUT2D eigenvalue weighted by Gasteiger charge is -2.21. The predicted octanol–water partition coefficient (Wildman–Crippen LogP) is 1.89. The van der Waals surface area contributed by atoms with E-state index < -0.39 is 0 Å². The lowest BCUT2D eigenvalue weighted by Crippen LogP contribution is -2.20. The van der Waals surface area contributed by atoms with Gasteiger partial charge in [0.2, 0.25) is 5.95 Å². The maximum atomic E-state index is 5.95. The number of nitrogens with one attached hydrogen (secondary N) is 2. The quantitative estimate of drug-likeness (QED) is 0.743. The molecule has 1 unspecified atom stereocenters. The van der Waals surface area contributed by atoms with Crippen molar-refractivity contribution in [1.29, 1.82) is 0 Å². The van der Waals surface area contributed by atoms with Gasteiger partial charge in [0.25, 0.3) is 0 Å². The van der Waals surface area contributed by atoms with Crippen LogP contribution in [0.25, 0.3) is 0 Å². The summed E-state index contributed by atoms with van der Waals surface area (Å²) in [4.78, 5) is 13.5. The molecule has 9 heteroatoms. The molecule has 138 valence electrons. The summed E-state index contributed by atoms with van der Waals surface area (Å²) >= 11 is 0. The molecule has 1 aliphatic heterocycles. The van der Waals surface area contributed by atoms with E-state index in [-0.39, 0.29) is 30.9 Å². The topological polar surface area (TPSA) is 93.7 Å². The number of hydrogen-bond donors (Lipinski definition) is 3. The molecule has 0 radical (unpaired) electrons. The first kappa shape index (κ1) is 19.8. The molecular weight excluding hydrogens is 361 g/mol. The van der Waals surface area contributed by atoms with Crippen LogP contribution in [0.5, 0.6) is 0 Å². The third kappa shape index (κ3) is 4.16. The zero-order valence-electron chi connectivity index (χ0n) is 14.2. The van der Waals surface area contributed by atoms with E-state index in [0.29, 0.717) is 11.9 Å². The summed E-state index contributed by atoms with van der Waals surface area (Å²) < 4.78 is 2.08. The number of aryl methyl sites for hydroxylation is 1. The van der Waals surface area contributed by atoms with Gasteiger partial charge < -0.3 is 20.9 Å². The minimum Gasteiger partial charge on any atom is -0.368 e. The molecule has 2 aliphatic rings. The fourth-order valence-corrected chi connectivity index (χ4v) is 3.33. The molecule has 0 aromatic carbocycles. The molecule has 0 bridgehead atoms. The molecule has 2 aromatic heterocycles. The number of imidazole rings is 1. The van der Waals surface area contributed by atoms with Crippen LogP contribution in [-0.4, -0.2) is 32.6 Å². The second kappa shape index (κ2) is 8.21. The summed E-state index contributed by atoms with van der Waals surface area (Å²) in [7, 11) is 2.04. The van der Waals surface area contributed by atoms with Crippen LogP contribution in [0.3, 0.4) is 0 Å². The molecule has 0 saturated heterocycles. The average Bonchev–Trinajstić information content (AvgIpc) is 3.30. The minimum atomic E-state index is 0. The van der Waals surface area contributed by atoms with Crippen LogP contribution in [0.15, 0.2) is 12.4 Å². The number of anilines is 2. The van der Waals surface area contributed by atoms with E-state index in [2.05, 4.69) is 30.2 Å². The van der Waals surface area contributed by atoms with Gasteiger partial charge in [0.05, 0.1) is 11.7 Å². The number of fused-ring (bicyclic) bond motifs is 1. The molecule has 1 aliphatic carbocycles. The Balaban J connectivity index is 0.00000113. The second-order valence-corrected chi connectivity index (χ2v) is 6.46. The molecule has 0 spiro atoms. The highest BCUT2D eigenvalue weighted by atomic mass is 35.5. The lowest BCUT2D eigenvalue weighted by molar-refractivity contribution is 0.603. The van der Waals surface area contributed by atoms with Gasteiger partial charge in [0, 0.05) is 38.0 Å². The number of hydrogen-bond acceptors (Lipinski definition) is 6. The zero-order valence-corrected chi connectivity index (χ0v) is 15.9. The summed E-state index contributed by atoms with van der Waals surface area (Å²) in [6.07, 6.45) is 8.13. The van der Waals surface area contributed by atoms with Crippen molar-refractivity contribution in [2.45, 2.75) is 31.7 Å². The zero-order chi connectivity index (χ0) is 15.8. The van der Waals surface area contributed by atoms with Gasteiger partial charge in [0.1, 0.15) is 11.6 Å². The molecule has 4 rings (SSSR count). The fourth-order valence-electron chi connectivity index (χ4n) is 3.33. The van der Waals surface area contributed by atoms with Crippen LogP contribution in [0.2, 0.25) is 0 Å². The van der Waals surface area contributed by atoms with Crippen LogP contribution in [0, 0.1) is 5.92 Å². The first-order valence-corrected chi connectivity index (χ1v) is 8.32. The normalized spacial score (nSPS) is 17.5. The number of nitrogens with zero attached hydrogens (tertiary/aromatic N) is 4. The van der Waals surface area contributed by atoms with E-state index in [0.717, 1.165) is 43.3 Å². The smallest absolute Gasteiger partial charge is 0.222 e. The monoisotopic (exact) mass is 385 g/mol. The molecule has 1 atom stereocenters. The Labute approximate surface area is 160 Å². The SMILES string of the molecule is Cl.Cl.Cn1ccnc1C(Nc1nc(N)nc2c1CCNCC2)C1CC1. The molecule has 3 heterocycles. The molecule has 1 saturated carbocycles. The third-order valence-electron chi connectivity index (χ3n) is 4.72. The van der Waals surface area contributed by atoms with E-state index in [9.17, 15) is 0 Å². The highest BCUT2D eigenvalue weighted by molar-refractivity contribution is 5.85. The van der Waals surface area contributed by atoms with Gasteiger partial charge in [-0.3, -0.25) is 0 Å². The Morgan fingerprint density at radius 3 is 2.68 bits per heavy atom. The van der Waals surface area contributed by atoms with E-state index in [1.165, 1.54) is 18.4 Å². The molecule has 25 heavy (non-hydrogen) atoms. The van der Waals surface area contributed by atoms with Gasteiger partial charge in [-0.05, 0) is 31.7 Å². The summed E-state index contributed by atoms with van der Waals surface area (Å²) in [5.41, 5.74) is 8.21. The van der Waals surface area contributed by atoms with E-state index in [4.69, 9.17) is 5.73 Å². The summed E-state index contributed by atoms with van der Waals surface area (Å²) in [6, 6.07) is 0.185. The van der Waals surface area contributed by atoms with Crippen LogP contribution >= 0.6 is 24.8 Å². The number of nitrogen functional groups attached to an aromatic ring is 1. The standard InChI is InChI=1S/C16H23N7.2ClH/c1-23-9-8-19-15(23)13(10-2-3-10)21-14-11-4-6-18-7-5-12(11)20-16(17)22-14;;/h8-10,13,18H,2-7H2,1H3,(H3,17,20,21,22);2*1H. The van der Waals surface area contributed by atoms with Gasteiger partial charge >= 0.3 is 0 Å². The average molecular weight is 386 g/mol. The first-order chi connectivity index (χ1) is 11.2. The maximum Gasteiger partial charge on any atom is 0.222 e. The second-order valence-electron chi connectivity index (χ2n) is 6.46. The van der Waals surface area contributed by atoms with Crippen LogP contribution in [0.1, 0.15) is 36.0 Å². The molecule has 7 nitrogen and oxygen atoms in total. The lowest BCUT2D eigenvalue weighted by atomic mass is 10.1. The Morgan fingerprint density at radius 1 is 1.24 bits per heavy atom.